The SMILES string of the molecule is CCNC(=NCc1ccc(NC(=O)c2ccco2)cc1)NCCc1ccc2c(c1)CCO2. The number of furan rings is 1. The molecule has 0 bridgehead atoms. The van der Waals surface area contributed by atoms with Crippen molar-refractivity contribution in [1.82, 2.24) is 10.6 Å². The number of nitrogens with one attached hydrogen (secondary N) is 3. The molecule has 3 aromatic rings. The number of guanidine groups is 1. The van der Waals surface area contributed by atoms with E-state index in [4.69, 9.17) is 9.15 Å². The minimum atomic E-state index is -0.268. The van der Waals surface area contributed by atoms with Crippen molar-refractivity contribution < 1.29 is 13.9 Å². The van der Waals surface area contributed by atoms with Crippen LogP contribution < -0.4 is 20.7 Å². The second-order valence-electron chi connectivity index (χ2n) is 7.54. The Hall–Kier alpha value is -3.74. The fraction of sp³-hybridized carbons (Fsp3) is 0.280. The highest BCUT2D eigenvalue weighted by atomic mass is 16.5. The Balaban J connectivity index is 1.28. The number of amides is 1. The van der Waals surface area contributed by atoms with Crippen molar-refractivity contribution in [2.75, 3.05) is 25.0 Å². The Morgan fingerprint density at radius 2 is 1.91 bits per heavy atom. The molecular weight excluding hydrogens is 404 g/mol. The Kier molecular flexibility index (Phi) is 7.07. The number of carbonyl (C=O) groups is 1. The van der Waals surface area contributed by atoms with Gasteiger partial charge in [0.2, 0.25) is 0 Å². The van der Waals surface area contributed by atoms with Crippen molar-refractivity contribution in [3.05, 3.63) is 83.3 Å². The predicted molar refractivity (Wildman–Crippen MR) is 125 cm³/mol. The van der Waals surface area contributed by atoms with Gasteiger partial charge in [0.1, 0.15) is 5.75 Å². The van der Waals surface area contributed by atoms with Crippen LogP contribution in [0.3, 0.4) is 0 Å². The minimum absolute atomic E-state index is 0.268. The summed E-state index contributed by atoms with van der Waals surface area (Å²) in [6, 6.07) is 17.4. The molecule has 32 heavy (non-hydrogen) atoms. The number of ether oxygens (including phenoxy) is 1. The van der Waals surface area contributed by atoms with Crippen molar-refractivity contribution >= 4 is 17.6 Å². The first kappa shape index (κ1) is 21.5. The Bertz CT molecular complexity index is 1060. The van der Waals surface area contributed by atoms with Gasteiger partial charge in [0.15, 0.2) is 11.7 Å². The smallest absolute Gasteiger partial charge is 0.291 e. The Labute approximate surface area is 187 Å². The number of benzene rings is 2. The van der Waals surface area contributed by atoms with E-state index in [9.17, 15) is 4.79 Å². The summed E-state index contributed by atoms with van der Waals surface area (Å²) in [6.07, 6.45) is 3.39. The standard InChI is InChI=1S/C25H28N4O3/c1-2-26-25(27-13-11-18-7-10-22-20(16-18)12-15-32-22)28-17-19-5-8-21(9-6-19)29-24(30)23-4-3-14-31-23/h3-10,14,16H,2,11-13,15,17H2,1H3,(H,29,30)(H2,26,27,28). The van der Waals surface area contributed by atoms with Gasteiger partial charge in [0.05, 0.1) is 19.4 Å². The lowest BCUT2D eigenvalue weighted by molar-refractivity contribution is 0.0996. The first-order valence-electron chi connectivity index (χ1n) is 10.9. The third-order valence-electron chi connectivity index (χ3n) is 5.18. The zero-order valence-electron chi connectivity index (χ0n) is 18.2. The molecule has 1 aliphatic heterocycles. The summed E-state index contributed by atoms with van der Waals surface area (Å²) in [5.41, 5.74) is 4.36. The Morgan fingerprint density at radius 3 is 2.69 bits per heavy atom. The van der Waals surface area contributed by atoms with Crippen LogP contribution in [-0.4, -0.2) is 31.6 Å². The first-order valence-corrected chi connectivity index (χ1v) is 10.9. The molecule has 0 spiro atoms. The summed E-state index contributed by atoms with van der Waals surface area (Å²) in [5.74, 6) is 1.82. The van der Waals surface area contributed by atoms with Crippen LogP contribution in [0.2, 0.25) is 0 Å². The number of rotatable bonds is 8. The molecule has 3 N–H and O–H groups in total. The van der Waals surface area contributed by atoms with E-state index in [0.29, 0.717) is 12.2 Å². The average molecular weight is 433 g/mol. The van der Waals surface area contributed by atoms with Crippen LogP contribution in [0.15, 0.2) is 70.3 Å². The van der Waals surface area contributed by atoms with E-state index in [1.165, 1.54) is 17.4 Å². The van der Waals surface area contributed by atoms with Crippen LogP contribution in [0.4, 0.5) is 5.69 Å². The number of hydrogen-bond acceptors (Lipinski definition) is 4. The maximum absolute atomic E-state index is 12.1. The lowest BCUT2D eigenvalue weighted by Crippen LogP contribution is -2.38. The number of carbonyl (C=O) groups excluding carboxylic acids is 1. The normalized spacial score (nSPS) is 12.7. The monoisotopic (exact) mass is 432 g/mol. The van der Waals surface area contributed by atoms with Gasteiger partial charge >= 0.3 is 0 Å². The van der Waals surface area contributed by atoms with E-state index >= 15 is 0 Å². The van der Waals surface area contributed by atoms with Gasteiger partial charge in [-0.25, -0.2) is 4.99 Å². The van der Waals surface area contributed by atoms with Crippen LogP contribution in [-0.2, 0) is 19.4 Å². The molecule has 1 aliphatic rings. The van der Waals surface area contributed by atoms with Crippen molar-refractivity contribution in [2.45, 2.75) is 26.3 Å². The Morgan fingerprint density at radius 1 is 1.06 bits per heavy atom. The summed E-state index contributed by atoms with van der Waals surface area (Å²) < 4.78 is 10.7. The number of nitrogens with zero attached hydrogens (tertiary/aromatic N) is 1. The second-order valence-corrected chi connectivity index (χ2v) is 7.54. The molecule has 0 aliphatic carbocycles. The van der Waals surface area contributed by atoms with Crippen molar-refractivity contribution in [1.29, 1.82) is 0 Å². The fourth-order valence-electron chi connectivity index (χ4n) is 3.53. The van der Waals surface area contributed by atoms with E-state index in [1.54, 1.807) is 12.1 Å². The zero-order chi connectivity index (χ0) is 22.2. The second kappa shape index (κ2) is 10.5. The summed E-state index contributed by atoms with van der Waals surface area (Å²) in [6.45, 7) is 4.96. The highest BCUT2D eigenvalue weighted by Crippen LogP contribution is 2.25. The van der Waals surface area contributed by atoms with Crippen LogP contribution in [0.25, 0.3) is 0 Å². The van der Waals surface area contributed by atoms with Gasteiger partial charge in [-0.2, -0.15) is 0 Å². The molecule has 166 valence electrons. The van der Waals surface area contributed by atoms with E-state index in [-0.39, 0.29) is 11.7 Å². The highest BCUT2D eigenvalue weighted by Gasteiger charge is 2.12. The highest BCUT2D eigenvalue weighted by molar-refractivity contribution is 6.02. The lowest BCUT2D eigenvalue weighted by Gasteiger charge is -2.12. The number of anilines is 1. The largest absolute Gasteiger partial charge is 0.493 e. The summed E-state index contributed by atoms with van der Waals surface area (Å²) in [7, 11) is 0. The van der Waals surface area contributed by atoms with Gasteiger partial charge in [-0.3, -0.25) is 4.79 Å². The minimum Gasteiger partial charge on any atom is -0.493 e. The van der Waals surface area contributed by atoms with E-state index in [2.05, 4.69) is 39.1 Å². The molecule has 4 rings (SSSR count). The van der Waals surface area contributed by atoms with Crippen molar-refractivity contribution in [3.63, 3.8) is 0 Å². The van der Waals surface area contributed by atoms with E-state index in [0.717, 1.165) is 49.8 Å². The fourth-order valence-corrected chi connectivity index (χ4v) is 3.53. The van der Waals surface area contributed by atoms with Crippen molar-refractivity contribution in [2.24, 2.45) is 4.99 Å². The van der Waals surface area contributed by atoms with Crippen molar-refractivity contribution in [3.8, 4) is 5.75 Å². The van der Waals surface area contributed by atoms with E-state index in [1.807, 2.05) is 31.2 Å². The summed E-state index contributed by atoms with van der Waals surface area (Å²) in [4.78, 5) is 16.7. The molecule has 2 heterocycles. The molecule has 0 atom stereocenters. The molecule has 7 heteroatoms. The molecule has 0 unspecified atom stereocenters. The number of aliphatic imine (C=N–C) groups is 1. The average Bonchev–Trinajstić information content (AvgIpc) is 3.50. The molecule has 2 aromatic carbocycles. The molecule has 0 saturated heterocycles. The number of hydrogen-bond donors (Lipinski definition) is 3. The van der Waals surface area contributed by atoms with Crippen LogP contribution in [0.1, 0.15) is 34.2 Å². The predicted octanol–water partition coefficient (Wildman–Crippen LogP) is 3.76. The molecular formula is C25H28N4O3. The molecule has 7 nitrogen and oxygen atoms in total. The number of fused-ring (bicyclic) bond motifs is 1. The summed E-state index contributed by atoms with van der Waals surface area (Å²) in [5, 5.41) is 9.50. The molecule has 0 radical (unpaired) electrons. The van der Waals surface area contributed by atoms with Crippen LogP contribution in [0, 0.1) is 0 Å². The van der Waals surface area contributed by atoms with Crippen LogP contribution in [0.5, 0.6) is 5.75 Å². The third kappa shape index (κ3) is 5.69. The zero-order valence-corrected chi connectivity index (χ0v) is 18.2. The first-order chi connectivity index (χ1) is 15.7. The maximum Gasteiger partial charge on any atom is 0.291 e. The van der Waals surface area contributed by atoms with Gasteiger partial charge < -0.3 is 25.1 Å². The summed E-state index contributed by atoms with van der Waals surface area (Å²) >= 11 is 0. The topological polar surface area (TPSA) is 87.9 Å². The molecule has 0 saturated carbocycles. The van der Waals surface area contributed by atoms with Gasteiger partial charge in [-0.15, -0.1) is 0 Å². The molecule has 1 aromatic heterocycles. The van der Waals surface area contributed by atoms with Crippen LogP contribution >= 0.6 is 0 Å². The lowest BCUT2D eigenvalue weighted by atomic mass is 10.1. The van der Waals surface area contributed by atoms with Gasteiger partial charge in [0.25, 0.3) is 5.91 Å². The maximum atomic E-state index is 12.1. The quantitative estimate of drug-likeness (QED) is 0.373. The van der Waals surface area contributed by atoms with Gasteiger partial charge in [-0.05, 0) is 60.4 Å². The molecule has 1 amide bonds. The van der Waals surface area contributed by atoms with Gasteiger partial charge in [0, 0.05) is 25.2 Å². The third-order valence-corrected chi connectivity index (χ3v) is 5.18. The van der Waals surface area contributed by atoms with Gasteiger partial charge in [-0.1, -0.05) is 24.3 Å². The molecule has 0 fully saturated rings. The van der Waals surface area contributed by atoms with E-state index < -0.39 is 0 Å².